The van der Waals surface area contributed by atoms with Crippen molar-refractivity contribution >= 4 is 5.57 Å². The summed E-state index contributed by atoms with van der Waals surface area (Å²) in [6.07, 6.45) is 9.95. The molecule has 0 amide bonds. The van der Waals surface area contributed by atoms with Crippen LogP contribution in [0.1, 0.15) is 32.2 Å². The van der Waals surface area contributed by atoms with Crippen LogP contribution >= 0.6 is 0 Å². The van der Waals surface area contributed by atoms with E-state index in [1.807, 2.05) is 18.6 Å². The van der Waals surface area contributed by atoms with E-state index in [4.69, 9.17) is 0 Å². The lowest BCUT2D eigenvalue weighted by atomic mass is 9.95. The first kappa shape index (κ1) is 10.9. The van der Waals surface area contributed by atoms with Crippen LogP contribution in [0.5, 0.6) is 0 Å². The van der Waals surface area contributed by atoms with E-state index in [2.05, 4.69) is 48.2 Å². The maximum atomic E-state index is 4.41. The molecule has 0 saturated carbocycles. The molecule has 1 N–H and O–H groups in total. The van der Waals surface area contributed by atoms with Gasteiger partial charge in [0.25, 0.3) is 0 Å². The molecule has 3 nitrogen and oxygen atoms in total. The fraction of sp³-hybridized carbons (Fsp3) is 0.385. The number of dihydropyridines is 1. The highest BCUT2D eigenvalue weighted by Gasteiger charge is 2.16. The smallest absolute Gasteiger partial charge is 0.133 e. The van der Waals surface area contributed by atoms with Crippen LogP contribution in [0.25, 0.3) is 5.57 Å². The SMILES string of the molecule is CC(C)(C)c1ncc(C2=CNCC=C2)cn1. The van der Waals surface area contributed by atoms with E-state index < -0.39 is 0 Å². The van der Waals surface area contributed by atoms with Gasteiger partial charge in [-0.1, -0.05) is 32.9 Å². The summed E-state index contributed by atoms with van der Waals surface area (Å²) < 4.78 is 0. The first-order chi connectivity index (χ1) is 7.57. The summed E-state index contributed by atoms with van der Waals surface area (Å²) in [5.41, 5.74) is 2.19. The van der Waals surface area contributed by atoms with Crippen molar-refractivity contribution < 1.29 is 0 Å². The Morgan fingerprint density at radius 1 is 1.19 bits per heavy atom. The van der Waals surface area contributed by atoms with Crippen LogP contribution in [-0.4, -0.2) is 16.5 Å². The molecule has 0 fully saturated rings. The Labute approximate surface area is 96.3 Å². The predicted molar refractivity (Wildman–Crippen MR) is 65.9 cm³/mol. The van der Waals surface area contributed by atoms with Gasteiger partial charge in [-0.25, -0.2) is 9.97 Å². The molecule has 0 aliphatic carbocycles. The van der Waals surface area contributed by atoms with E-state index in [0.717, 1.165) is 23.5 Å². The van der Waals surface area contributed by atoms with Crippen molar-refractivity contribution in [1.29, 1.82) is 0 Å². The summed E-state index contributed by atoms with van der Waals surface area (Å²) >= 11 is 0. The zero-order valence-corrected chi connectivity index (χ0v) is 9.99. The van der Waals surface area contributed by atoms with Gasteiger partial charge in [0.1, 0.15) is 5.82 Å². The van der Waals surface area contributed by atoms with Crippen molar-refractivity contribution in [3.05, 3.63) is 42.1 Å². The number of allylic oxidation sites excluding steroid dienone is 2. The number of hydrogen-bond donors (Lipinski definition) is 1. The first-order valence-corrected chi connectivity index (χ1v) is 5.50. The average molecular weight is 215 g/mol. The minimum absolute atomic E-state index is 0.00751. The number of aromatic nitrogens is 2. The Bertz CT molecular complexity index is 421. The van der Waals surface area contributed by atoms with Crippen LogP contribution in [0.15, 0.2) is 30.7 Å². The molecule has 1 aliphatic heterocycles. The fourth-order valence-electron chi connectivity index (χ4n) is 1.51. The second-order valence-corrected chi connectivity index (χ2v) is 4.96. The minimum Gasteiger partial charge on any atom is -0.387 e. The first-order valence-electron chi connectivity index (χ1n) is 5.50. The van der Waals surface area contributed by atoms with Crippen molar-refractivity contribution in [2.75, 3.05) is 6.54 Å². The number of hydrogen-bond acceptors (Lipinski definition) is 3. The third-order valence-electron chi connectivity index (χ3n) is 2.45. The Balaban J connectivity index is 2.26. The molecule has 1 aromatic heterocycles. The van der Waals surface area contributed by atoms with E-state index >= 15 is 0 Å². The molecule has 84 valence electrons. The summed E-state index contributed by atoms with van der Waals surface area (Å²) in [6.45, 7) is 7.24. The molecule has 3 heteroatoms. The van der Waals surface area contributed by atoms with Crippen LogP contribution in [0, 0.1) is 0 Å². The van der Waals surface area contributed by atoms with Gasteiger partial charge in [-0.2, -0.15) is 0 Å². The second kappa shape index (κ2) is 4.08. The number of nitrogens with zero attached hydrogens (tertiary/aromatic N) is 2. The van der Waals surface area contributed by atoms with Crippen molar-refractivity contribution in [2.24, 2.45) is 0 Å². The quantitative estimate of drug-likeness (QED) is 0.781. The van der Waals surface area contributed by atoms with E-state index in [-0.39, 0.29) is 5.41 Å². The topological polar surface area (TPSA) is 37.8 Å². The molecule has 0 unspecified atom stereocenters. The minimum atomic E-state index is 0.00751. The molecule has 0 atom stereocenters. The highest BCUT2D eigenvalue weighted by molar-refractivity contribution is 5.73. The summed E-state index contributed by atoms with van der Waals surface area (Å²) in [5.74, 6) is 0.879. The third-order valence-corrected chi connectivity index (χ3v) is 2.45. The van der Waals surface area contributed by atoms with Gasteiger partial charge in [0.05, 0.1) is 0 Å². The van der Waals surface area contributed by atoms with Crippen LogP contribution in [0.2, 0.25) is 0 Å². The number of nitrogens with one attached hydrogen (secondary N) is 1. The van der Waals surface area contributed by atoms with Crippen molar-refractivity contribution in [1.82, 2.24) is 15.3 Å². The van der Waals surface area contributed by atoms with Gasteiger partial charge in [-0.3, -0.25) is 0 Å². The lowest BCUT2D eigenvalue weighted by Gasteiger charge is -2.16. The van der Waals surface area contributed by atoms with E-state index in [0.29, 0.717) is 0 Å². The third kappa shape index (κ3) is 2.30. The molecule has 1 aliphatic rings. The lowest BCUT2D eigenvalue weighted by Crippen LogP contribution is -2.16. The summed E-state index contributed by atoms with van der Waals surface area (Å²) in [6, 6.07) is 0. The maximum Gasteiger partial charge on any atom is 0.133 e. The van der Waals surface area contributed by atoms with Crippen LogP contribution in [0.3, 0.4) is 0 Å². The average Bonchev–Trinajstić information content (AvgIpc) is 2.29. The summed E-state index contributed by atoms with van der Waals surface area (Å²) in [4.78, 5) is 8.82. The van der Waals surface area contributed by atoms with Gasteiger partial charge >= 0.3 is 0 Å². The Morgan fingerprint density at radius 2 is 1.88 bits per heavy atom. The Hall–Kier alpha value is -1.64. The lowest BCUT2D eigenvalue weighted by molar-refractivity contribution is 0.545. The molecule has 0 aromatic carbocycles. The molecule has 16 heavy (non-hydrogen) atoms. The van der Waals surface area contributed by atoms with Crippen molar-refractivity contribution in [3.63, 3.8) is 0 Å². The van der Waals surface area contributed by atoms with Gasteiger partial charge in [-0.05, 0) is 0 Å². The predicted octanol–water partition coefficient (Wildman–Crippen LogP) is 2.27. The normalized spacial score (nSPS) is 15.6. The van der Waals surface area contributed by atoms with Gasteiger partial charge in [0, 0.05) is 41.7 Å². The van der Waals surface area contributed by atoms with Gasteiger partial charge < -0.3 is 5.32 Å². The molecule has 1 aromatic rings. The molecule has 2 rings (SSSR count). The highest BCUT2D eigenvalue weighted by Crippen LogP contribution is 2.20. The summed E-state index contributed by atoms with van der Waals surface area (Å²) in [7, 11) is 0. The highest BCUT2D eigenvalue weighted by atomic mass is 14.9. The molecule has 2 heterocycles. The standard InChI is InChI=1S/C13H17N3/c1-13(2,3)12-15-8-11(9-16-12)10-5-4-6-14-7-10/h4-5,7-9,14H,6H2,1-3H3. The zero-order chi connectivity index (χ0) is 11.6. The molecule has 0 radical (unpaired) electrons. The molecular formula is C13H17N3. The molecule has 0 bridgehead atoms. The van der Waals surface area contributed by atoms with Crippen LogP contribution < -0.4 is 5.32 Å². The fourth-order valence-corrected chi connectivity index (χ4v) is 1.51. The van der Waals surface area contributed by atoms with Crippen LogP contribution in [-0.2, 0) is 5.41 Å². The van der Waals surface area contributed by atoms with Gasteiger partial charge in [0.2, 0.25) is 0 Å². The summed E-state index contributed by atoms with van der Waals surface area (Å²) in [5, 5.41) is 3.17. The Kier molecular flexibility index (Phi) is 2.77. The molecule has 0 saturated heterocycles. The van der Waals surface area contributed by atoms with Crippen LogP contribution in [0.4, 0.5) is 0 Å². The van der Waals surface area contributed by atoms with Crippen molar-refractivity contribution in [3.8, 4) is 0 Å². The zero-order valence-electron chi connectivity index (χ0n) is 9.99. The molecule has 0 spiro atoms. The van der Waals surface area contributed by atoms with E-state index in [1.165, 1.54) is 0 Å². The van der Waals surface area contributed by atoms with Crippen molar-refractivity contribution in [2.45, 2.75) is 26.2 Å². The monoisotopic (exact) mass is 215 g/mol. The van der Waals surface area contributed by atoms with E-state index in [9.17, 15) is 0 Å². The van der Waals surface area contributed by atoms with E-state index in [1.54, 1.807) is 0 Å². The number of rotatable bonds is 1. The van der Waals surface area contributed by atoms with Gasteiger partial charge in [-0.15, -0.1) is 0 Å². The maximum absolute atomic E-state index is 4.41. The largest absolute Gasteiger partial charge is 0.387 e. The second-order valence-electron chi connectivity index (χ2n) is 4.96. The van der Waals surface area contributed by atoms with Gasteiger partial charge in [0.15, 0.2) is 0 Å². The molecular weight excluding hydrogens is 198 g/mol. The Morgan fingerprint density at radius 3 is 2.38 bits per heavy atom.